The highest BCUT2D eigenvalue weighted by molar-refractivity contribution is 5.78. The maximum atomic E-state index is 11.8. The van der Waals surface area contributed by atoms with Crippen molar-refractivity contribution in [2.45, 2.75) is 66.6 Å². The highest BCUT2D eigenvalue weighted by Gasteiger charge is 2.18. The van der Waals surface area contributed by atoms with E-state index in [9.17, 15) is 4.79 Å². The second kappa shape index (κ2) is 6.39. The van der Waals surface area contributed by atoms with Crippen LogP contribution in [0.4, 0.5) is 0 Å². The highest BCUT2D eigenvalue weighted by Crippen LogP contribution is 2.21. The summed E-state index contributed by atoms with van der Waals surface area (Å²) in [5.41, 5.74) is 3.19. The van der Waals surface area contributed by atoms with Crippen LogP contribution in [-0.2, 0) is 11.3 Å². The number of aromatic nitrogens is 2. The fourth-order valence-corrected chi connectivity index (χ4v) is 2.46. The summed E-state index contributed by atoms with van der Waals surface area (Å²) in [5, 5.41) is 10.7. The Morgan fingerprint density at radius 2 is 1.95 bits per heavy atom. The van der Waals surface area contributed by atoms with E-state index >= 15 is 0 Å². The van der Waals surface area contributed by atoms with Crippen LogP contribution >= 0.6 is 0 Å². The number of amides is 1. The summed E-state index contributed by atoms with van der Waals surface area (Å²) in [6, 6.07) is 0.112. The molecule has 1 amide bonds. The lowest BCUT2D eigenvalue weighted by Crippen LogP contribution is -2.45. The van der Waals surface area contributed by atoms with Gasteiger partial charge < -0.3 is 10.6 Å². The predicted octanol–water partition coefficient (Wildman–Crippen LogP) is 2.09. The zero-order chi connectivity index (χ0) is 15.5. The van der Waals surface area contributed by atoms with E-state index in [-0.39, 0.29) is 17.5 Å². The first-order chi connectivity index (χ1) is 9.15. The molecule has 20 heavy (non-hydrogen) atoms. The van der Waals surface area contributed by atoms with Gasteiger partial charge in [-0.2, -0.15) is 5.10 Å². The topological polar surface area (TPSA) is 59.0 Å². The molecule has 0 fully saturated rings. The van der Waals surface area contributed by atoms with E-state index in [1.54, 1.807) is 0 Å². The first-order valence-corrected chi connectivity index (χ1v) is 7.24. The van der Waals surface area contributed by atoms with E-state index in [1.165, 1.54) is 11.3 Å². The van der Waals surface area contributed by atoms with Crippen molar-refractivity contribution in [3.8, 4) is 0 Å². The van der Waals surface area contributed by atoms with E-state index in [0.717, 1.165) is 12.2 Å². The zero-order valence-corrected chi connectivity index (χ0v) is 13.8. The first-order valence-electron chi connectivity index (χ1n) is 7.24. The summed E-state index contributed by atoms with van der Waals surface area (Å²) in [6.07, 6.45) is 0. The number of nitrogens with one attached hydrogen (secondary N) is 2. The summed E-state index contributed by atoms with van der Waals surface area (Å²) in [4.78, 5) is 11.8. The molecule has 0 saturated carbocycles. The van der Waals surface area contributed by atoms with Gasteiger partial charge in [0.25, 0.3) is 0 Å². The molecule has 114 valence electrons. The maximum absolute atomic E-state index is 11.8. The van der Waals surface area contributed by atoms with E-state index in [2.05, 4.69) is 36.5 Å². The Labute approximate surface area is 122 Å². The van der Waals surface area contributed by atoms with Crippen molar-refractivity contribution in [1.29, 1.82) is 0 Å². The summed E-state index contributed by atoms with van der Waals surface area (Å²) in [5.74, 6) is 0.0162. The quantitative estimate of drug-likeness (QED) is 0.868. The molecule has 0 spiro atoms. The van der Waals surface area contributed by atoms with Crippen LogP contribution in [0, 0.1) is 13.8 Å². The smallest absolute Gasteiger partial charge is 0.234 e. The van der Waals surface area contributed by atoms with Crippen LogP contribution in [0.25, 0.3) is 0 Å². The summed E-state index contributed by atoms with van der Waals surface area (Å²) < 4.78 is 2.00. The minimum absolute atomic E-state index is 0.0162. The summed E-state index contributed by atoms with van der Waals surface area (Å²) in [6.45, 7) is 15.4. The van der Waals surface area contributed by atoms with Crippen molar-refractivity contribution in [3.05, 3.63) is 17.0 Å². The van der Waals surface area contributed by atoms with Gasteiger partial charge in [-0.25, -0.2) is 0 Å². The van der Waals surface area contributed by atoms with Crippen molar-refractivity contribution in [3.63, 3.8) is 0 Å². The third kappa shape index (κ3) is 4.34. The molecule has 1 aromatic heterocycles. The van der Waals surface area contributed by atoms with Gasteiger partial charge in [-0.05, 0) is 48.5 Å². The highest BCUT2D eigenvalue weighted by atomic mass is 16.2. The molecule has 0 aliphatic rings. The third-order valence-electron chi connectivity index (χ3n) is 3.25. The van der Waals surface area contributed by atoms with Crippen LogP contribution in [0.15, 0.2) is 0 Å². The Balaban J connectivity index is 2.66. The fourth-order valence-electron chi connectivity index (χ4n) is 2.46. The SMILES string of the molecule is CCn1nc(C)c(C(C)NCC(=O)NC(C)(C)C)c1C. The van der Waals surface area contributed by atoms with Crippen molar-refractivity contribution in [2.75, 3.05) is 6.54 Å². The van der Waals surface area contributed by atoms with Crippen LogP contribution in [-0.4, -0.2) is 27.8 Å². The van der Waals surface area contributed by atoms with Crippen molar-refractivity contribution in [2.24, 2.45) is 0 Å². The second-order valence-electron chi connectivity index (χ2n) is 6.30. The average molecular weight is 280 g/mol. The number of carbonyl (C=O) groups excluding carboxylic acids is 1. The zero-order valence-electron chi connectivity index (χ0n) is 13.8. The molecule has 0 aliphatic carbocycles. The van der Waals surface area contributed by atoms with Gasteiger partial charge in [0, 0.05) is 29.4 Å². The first kappa shape index (κ1) is 16.7. The maximum Gasteiger partial charge on any atom is 0.234 e. The van der Waals surface area contributed by atoms with Crippen molar-refractivity contribution < 1.29 is 4.79 Å². The molecule has 0 saturated heterocycles. The van der Waals surface area contributed by atoms with E-state index in [4.69, 9.17) is 0 Å². The minimum atomic E-state index is -0.194. The van der Waals surface area contributed by atoms with E-state index in [1.807, 2.05) is 32.4 Å². The van der Waals surface area contributed by atoms with Gasteiger partial charge in [-0.15, -0.1) is 0 Å². The van der Waals surface area contributed by atoms with Crippen LogP contribution in [0.2, 0.25) is 0 Å². The van der Waals surface area contributed by atoms with Crippen LogP contribution in [0.1, 0.15) is 57.6 Å². The lowest BCUT2D eigenvalue weighted by Gasteiger charge is -2.22. The average Bonchev–Trinajstić information content (AvgIpc) is 2.59. The lowest BCUT2D eigenvalue weighted by molar-refractivity contribution is -0.121. The van der Waals surface area contributed by atoms with Gasteiger partial charge in [-0.3, -0.25) is 9.48 Å². The molecule has 1 heterocycles. The van der Waals surface area contributed by atoms with Gasteiger partial charge in [0.2, 0.25) is 5.91 Å². The Kier molecular flexibility index (Phi) is 5.34. The summed E-state index contributed by atoms with van der Waals surface area (Å²) in [7, 11) is 0. The number of aryl methyl sites for hydroxylation is 2. The lowest BCUT2D eigenvalue weighted by atomic mass is 10.1. The number of rotatable bonds is 5. The van der Waals surface area contributed by atoms with Gasteiger partial charge in [0.1, 0.15) is 0 Å². The van der Waals surface area contributed by atoms with Crippen LogP contribution in [0.3, 0.4) is 0 Å². The summed E-state index contributed by atoms with van der Waals surface area (Å²) >= 11 is 0. The Bertz CT molecular complexity index is 471. The van der Waals surface area contributed by atoms with Crippen LogP contribution in [0.5, 0.6) is 0 Å². The van der Waals surface area contributed by atoms with Gasteiger partial charge in [0.05, 0.1) is 12.2 Å². The molecule has 0 aliphatic heterocycles. The van der Waals surface area contributed by atoms with E-state index in [0.29, 0.717) is 6.54 Å². The molecule has 0 bridgehead atoms. The molecular formula is C15H28N4O. The molecule has 5 nitrogen and oxygen atoms in total. The molecule has 1 unspecified atom stereocenters. The standard InChI is InChI=1S/C15H28N4O/c1-8-19-12(4)14(11(3)18-19)10(2)16-9-13(20)17-15(5,6)7/h10,16H,8-9H2,1-7H3,(H,17,20). The predicted molar refractivity (Wildman–Crippen MR) is 81.7 cm³/mol. The number of carbonyl (C=O) groups is 1. The Morgan fingerprint density at radius 1 is 1.35 bits per heavy atom. The fraction of sp³-hybridized carbons (Fsp3) is 0.733. The Hall–Kier alpha value is -1.36. The monoisotopic (exact) mass is 280 g/mol. The normalized spacial score (nSPS) is 13.3. The molecule has 0 aromatic carbocycles. The molecule has 1 atom stereocenters. The number of nitrogens with zero attached hydrogens (tertiary/aromatic N) is 2. The molecule has 5 heteroatoms. The van der Waals surface area contributed by atoms with Gasteiger partial charge in [0.15, 0.2) is 0 Å². The number of hydrogen-bond acceptors (Lipinski definition) is 3. The molecule has 0 radical (unpaired) electrons. The molecule has 1 aromatic rings. The second-order valence-corrected chi connectivity index (χ2v) is 6.30. The number of hydrogen-bond donors (Lipinski definition) is 2. The third-order valence-corrected chi connectivity index (χ3v) is 3.25. The molecular weight excluding hydrogens is 252 g/mol. The largest absolute Gasteiger partial charge is 0.350 e. The van der Waals surface area contributed by atoms with Crippen molar-refractivity contribution >= 4 is 5.91 Å². The van der Waals surface area contributed by atoms with Crippen LogP contribution < -0.4 is 10.6 Å². The van der Waals surface area contributed by atoms with Gasteiger partial charge in [-0.1, -0.05) is 0 Å². The molecule has 2 N–H and O–H groups in total. The molecule has 1 rings (SSSR count). The van der Waals surface area contributed by atoms with Crippen molar-refractivity contribution in [1.82, 2.24) is 20.4 Å². The Morgan fingerprint density at radius 3 is 2.40 bits per heavy atom. The minimum Gasteiger partial charge on any atom is -0.350 e. The van der Waals surface area contributed by atoms with Gasteiger partial charge >= 0.3 is 0 Å². The van der Waals surface area contributed by atoms with E-state index < -0.39 is 0 Å².